The SMILES string of the molecule is CNCCN1CCSc2cc(C(C)C)ccc21. The summed E-state index contributed by atoms with van der Waals surface area (Å²) in [6.45, 7) is 7.84. The van der Waals surface area contributed by atoms with Crippen LogP contribution in [0.4, 0.5) is 5.69 Å². The Balaban J connectivity index is 2.20. The molecule has 1 aliphatic rings. The smallest absolute Gasteiger partial charge is 0.0505 e. The first-order chi connectivity index (χ1) is 8.22. The zero-order valence-electron chi connectivity index (χ0n) is 11.0. The van der Waals surface area contributed by atoms with Crippen LogP contribution in [0, 0.1) is 0 Å². The van der Waals surface area contributed by atoms with Crippen molar-refractivity contribution in [1.82, 2.24) is 5.32 Å². The van der Waals surface area contributed by atoms with Gasteiger partial charge in [-0.15, -0.1) is 11.8 Å². The number of anilines is 1. The molecule has 3 heteroatoms. The fourth-order valence-electron chi connectivity index (χ4n) is 2.13. The number of likely N-dealkylation sites (N-methyl/N-ethyl adjacent to an activating group) is 1. The number of benzene rings is 1. The quantitative estimate of drug-likeness (QED) is 0.884. The second kappa shape index (κ2) is 5.78. The number of thioether (sulfide) groups is 1. The van der Waals surface area contributed by atoms with Gasteiger partial charge in [-0.2, -0.15) is 0 Å². The van der Waals surface area contributed by atoms with Crippen LogP contribution in [0.2, 0.25) is 0 Å². The molecule has 0 saturated heterocycles. The number of hydrogen-bond donors (Lipinski definition) is 1. The van der Waals surface area contributed by atoms with E-state index in [-0.39, 0.29) is 0 Å². The summed E-state index contributed by atoms with van der Waals surface area (Å²) in [6, 6.07) is 6.95. The van der Waals surface area contributed by atoms with Crippen molar-refractivity contribution in [3.05, 3.63) is 23.8 Å². The van der Waals surface area contributed by atoms with E-state index in [9.17, 15) is 0 Å². The third-order valence-electron chi connectivity index (χ3n) is 3.24. The zero-order chi connectivity index (χ0) is 12.3. The molecule has 0 atom stereocenters. The van der Waals surface area contributed by atoms with Crippen LogP contribution >= 0.6 is 11.8 Å². The molecule has 1 N–H and O–H groups in total. The molecule has 0 amide bonds. The van der Waals surface area contributed by atoms with Crippen molar-refractivity contribution >= 4 is 17.4 Å². The Morgan fingerprint density at radius 2 is 2.24 bits per heavy atom. The Morgan fingerprint density at radius 3 is 2.94 bits per heavy atom. The van der Waals surface area contributed by atoms with Gasteiger partial charge in [-0.1, -0.05) is 19.9 Å². The lowest BCUT2D eigenvalue weighted by Gasteiger charge is -2.31. The summed E-state index contributed by atoms with van der Waals surface area (Å²) in [7, 11) is 2.02. The van der Waals surface area contributed by atoms with Crippen molar-refractivity contribution in [2.45, 2.75) is 24.7 Å². The molecule has 0 aromatic heterocycles. The lowest BCUT2D eigenvalue weighted by Crippen LogP contribution is -2.34. The monoisotopic (exact) mass is 250 g/mol. The lowest BCUT2D eigenvalue weighted by molar-refractivity contribution is 0.730. The molecule has 0 radical (unpaired) electrons. The van der Waals surface area contributed by atoms with Gasteiger partial charge in [-0.05, 0) is 30.7 Å². The third-order valence-corrected chi connectivity index (χ3v) is 4.27. The van der Waals surface area contributed by atoms with Crippen LogP contribution in [0.5, 0.6) is 0 Å². The van der Waals surface area contributed by atoms with Crippen LogP contribution in [0.3, 0.4) is 0 Å². The van der Waals surface area contributed by atoms with Crippen molar-refractivity contribution in [3.8, 4) is 0 Å². The van der Waals surface area contributed by atoms with Gasteiger partial charge in [-0.3, -0.25) is 0 Å². The largest absolute Gasteiger partial charge is 0.369 e. The molecule has 17 heavy (non-hydrogen) atoms. The minimum absolute atomic E-state index is 0.619. The van der Waals surface area contributed by atoms with Crippen molar-refractivity contribution in [2.24, 2.45) is 0 Å². The fraction of sp³-hybridized carbons (Fsp3) is 0.571. The van der Waals surface area contributed by atoms with E-state index in [4.69, 9.17) is 0 Å². The molecule has 0 spiro atoms. The molecule has 0 unspecified atom stereocenters. The minimum atomic E-state index is 0.619. The Labute approximate surface area is 109 Å². The van der Waals surface area contributed by atoms with Crippen LogP contribution in [-0.4, -0.2) is 32.4 Å². The average Bonchev–Trinajstić information content (AvgIpc) is 2.35. The lowest BCUT2D eigenvalue weighted by atomic mass is 10.0. The Kier molecular flexibility index (Phi) is 4.35. The van der Waals surface area contributed by atoms with Crippen molar-refractivity contribution < 1.29 is 0 Å². The highest BCUT2D eigenvalue weighted by atomic mass is 32.2. The normalized spacial score (nSPS) is 15.2. The van der Waals surface area contributed by atoms with Gasteiger partial charge in [0, 0.05) is 30.3 Å². The van der Waals surface area contributed by atoms with Gasteiger partial charge in [-0.25, -0.2) is 0 Å². The summed E-state index contributed by atoms with van der Waals surface area (Å²) in [6.07, 6.45) is 0. The molecule has 0 saturated carbocycles. The van der Waals surface area contributed by atoms with Gasteiger partial charge in [0.25, 0.3) is 0 Å². The third kappa shape index (κ3) is 2.96. The van der Waals surface area contributed by atoms with Gasteiger partial charge in [0.2, 0.25) is 0 Å². The summed E-state index contributed by atoms with van der Waals surface area (Å²) in [4.78, 5) is 3.95. The van der Waals surface area contributed by atoms with Gasteiger partial charge in [0.1, 0.15) is 0 Å². The number of fused-ring (bicyclic) bond motifs is 1. The van der Waals surface area contributed by atoms with E-state index in [1.165, 1.54) is 28.4 Å². The molecule has 1 aromatic carbocycles. The standard InChI is InChI=1S/C14H22N2S/c1-11(2)12-4-5-13-14(10-12)17-9-8-16(13)7-6-15-3/h4-5,10-11,15H,6-9H2,1-3H3. The molecule has 1 aromatic rings. The topological polar surface area (TPSA) is 15.3 Å². The zero-order valence-corrected chi connectivity index (χ0v) is 11.8. The summed E-state index contributed by atoms with van der Waals surface area (Å²) >= 11 is 2.00. The molecule has 0 aliphatic carbocycles. The molecule has 0 bridgehead atoms. The number of hydrogen-bond acceptors (Lipinski definition) is 3. The van der Waals surface area contributed by atoms with E-state index in [2.05, 4.69) is 42.3 Å². The summed E-state index contributed by atoms with van der Waals surface area (Å²) < 4.78 is 0. The van der Waals surface area contributed by atoms with E-state index >= 15 is 0 Å². The molecule has 0 fully saturated rings. The molecule has 2 nitrogen and oxygen atoms in total. The highest BCUT2D eigenvalue weighted by Crippen LogP contribution is 2.36. The number of nitrogens with zero attached hydrogens (tertiary/aromatic N) is 1. The number of nitrogens with one attached hydrogen (secondary N) is 1. The minimum Gasteiger partial charge on any atom is -0.369 e. The Bertz CT molecular complexity index is 376. The highest BCUT2D eigenvalue weighted by Gasteiger charge is 2.17. The van der Waals surface area contributed by atoms with Gasteiger partial charge in [0.15, 0.2) is 0 Å². The maximum absolute atomic E-state index is 3.23. The van der Waals surface area contributed by atoms with Crippen molar-refractivity contribution in [1.29, 1.82) is 0 Å². The van der Waals surface area contributed by atoms with E-state index in [1.807, 2.05) is 18.8 Å². The second-order valence-electron chi connectivity index (χ2n) is 4.82. The van der Waals surface area contributed by atoms with Crippen molar-refractivity contribution in [2.75, 3.05) is 37.3 Å². The van der Waals surface area contributed by atoms with E-state index in [0.29, 0.717) is 5.92 Å². The van der Waals surface area contributed by atoms with Gasteiger partial charge >= 0.3 is 0 Å². The van der Waals surface area contributed by atoms with Crippen molar-refractivity contribution in [3.63, 3.8) is 0 Å². The first kappa shape index (κ1) is 12.8. The highest BCUT2D eigenvalue weighted by molar-refractivity contribution is 7.99. The molecular formula is C14H22N2S. The molecule has 1 heterocycles. The Hall–Kier alpha value is -0.670. The van der Waals surface area contributed by atoms with E-state index in [1.54, 1.807) is 0 Å². The maximum Gasteiger partial charge on any atom is 0.0505 e. The van der Waals surface area contributed by atoms with Gasteiger partial charge < -0.3 is 10.2 Å². The van der Waals surface area contributed by atoms with Crippen LogP contribution in [-0.2, 0) is 0 Å². The van der Waals surface area contributed by atoms with Crippen LogP contribution < -0.4 is 10.2 Å². The predicted molar refractivity (Wildman–Crippen MR) is 77.4 cm³/mol. The van der Waals surface area contributed by atoms with E-state index in [0.717, 1.165) is 13.1 Å². The first-order valence-electron chi connectivity index (χ1n) is 6.38. The fourth-order valence-corrected chi connectivity index (χ4v) is 3.23. The van der Waals surface area contributed by atoms with E-state index < -0.39 is 0 Å². The molecule has 94 valence electrons. The van der Waals surface area contributed by atoms with Crippen LogP contribution in [0.1, 0.15) is 25.3 Å². The molecular weight excluding hydrogens is 228 g/mol. The number of rotatable bonds is 4. The molecule has 2 rings (SSSR count). The van der Waals surface area contributed by atoms with Gasteiger partial charge in [0.05, 0.1) is 5.69 Å². The second-order valence-corrected chi connectivity index (χ2v) is 5.96. The summed E-state index contributed by atoms with van der Waals surface area (Å²) in [5.74, 6) is 1.83. The maximum atomic E-state index is 3.23. The first-order valence-corrected chi connectivity index (χ1v) is 7.37. The summed E-state index contributed by atoms with van der Waals surface area (Å²) in [5.41, 5.74) is 2.87. The van der Waals surface area contributed by atoms with Crippen LogP contribution in [0.25, 0.3) is 0 Å². The van der Waals surface area contributed by atoms with Crippen LogP contribution in [0.15, 0.2) is 23.1 Å². The predicted octanol–water partition coefficient (Wildman–Crippen LogP) is 2.94. The Morgan fingerprint density at radius 1 is 1.41 bits per heavy atom. The molecule has 1 aliphatic heterocycles. The average molecular weight is 250 g/mol. The summed E-state index contributed by atoms with van der Waals surface area (Å²) in [5, 5.41) is 3.23.